The average Bonchev–Trinajstić information content (AvgIpc) is 3.10. The van der Waals surface area contributed by atoms with Gasteiger partial charge in [0.2, 0.25) is 0 Å². The van der Waals surface area contributed by atoms with Crippen LogP contribution in [0, 0.1) is 0 Å². The summed E-state index contributed by atoms with van der Waals surface area (Å²) in [7, 11) is 0. The molecule has 1 N–H and O–H groups in total. The van der Waals surface area contributed by atoms with Gasteiger partial charge >= 0.3 is 5.97 Å². The molecule has 0 unspecified atom stereocenters. The van der Waals surface area contributed by atoms with Gasteiger partial charge in [0.1, 0.15) is 12.4 Å². The zero-order valence-corrected chi connectivity index (χ0v) is 18.6. The number of H-pyrrole nitrogens is 1. The second-order valence-electron chi connectivity index (χ2n) is 7.79. The van der Waals surface area contributed by atoms with Crippen molar-refractivity contribution in [3.05, 3.63) is 23.4 Å². The third kappa shape index (κ3) is 5.46. The summed E-state index contributed by atoms with van der Waals surface area (Å²) in [6.07, 6.45) is 1.73. The van der Waals surface area contributed by atoms with Gasteiger partial charge in [0.15, 0.2) is 11.4 Å². The van der Waals surface area contributed by atoms with E-state index in [9.17, 15) is 4.79 Å². The van der Waals surface area contributed by atoms with E-state index in [1.807, 2.05) is 32.9 Å². The molecule has 166 valence electrons. The Labute approximate surface area is 178 Å². The van der Waals surface area contributed by atoms with E-state index < -0.39 is 0 Å². The maximum absolute atomic E-state index is 12.9. The minimum Gasteiger partial charge on any atom is -0.491 e. The molecule has 0 bridgehead atoms. The fourth-order valence-corrected chi connectivity index (χ4v) is 3.63. The predicted octanol–water partition coefficient (Wildman–Crippen LogP) is 3.80. The third-order valence-corrected chi connectivity index (χ3v) is 5.06. The first-order valence-corrected chi connectivity index (χ1v) is 11.0. The molecule has 1 aromatic heterocycles. The van der Waals surface area contributed by atoms with Crippen molar-refractivity contribution < 1.29 is 23.7 Å². The number of hydrogen-bond acceptors (Lipinski definition) is 6. The van der Waals surface area contributed by atoms with Crippen molar-refractivity contribution in [1.82, 2.24) is 9.88 Å². The average molecular weight is 419 g/mol. The maximum atomic E-state index is 12.9. The first kappa shape index (κ1) is 22.4. The summed E-state index contributed by atoms with van der Waals surface area (Å²) in [5, 5.41) is 0.933. The van der Waals surface area contributed by atoms with Gasteiger partial charge in [0, 0.05) is 31.1 Å². The number of ether oxygens (including phenoxy) is 4. The van der Waals surface area contributed by atoms with Crippen LogP contribution < -0.4 is 9.47 Å². The monoisotopic (exact) mass is 418 g/mol. The second kappa shape index (κ2) is 10.7. The van der Waals surface area contributed by atoms with Crippen molar-refractivity contribution >= 4 is 16.9 Å². The fourth-order valence-electron chi connectivity index (χ4n) is 3.63. The Balaban J connectivity index is 1.84. The number of rotatable bonds is 10. The molecule has 1 fully saturated rings. The molecule has 0 saturated carbocycles. The van der Waals surface area contributed by atoms with Crippen LogP contribution in [0.2, 0.25) is 0 Å². The maximum Gasteiger partial charge on any atom is 0.358 e. The molecule has 7 heteroatoms. The molecule has 0 amide bonds. The summed E-state index contributed by atoms with van der Waals surface area (Å²) in [4.78, 5) is 18.4. The lowest BCUT2D eigenvalue weighted by molar-refractivity contribution is 0.0192. The van der Waals surface area contributed by atoms with E-state index in [2.05, 4.69) is 16.8 Å². The minimum absolute atomic E-state index is 0.0718. The van der Waals surface area contributed by atoms with Crippen molar-refractivity contribution in [3.8, 4) is 11.5 Å². The van der Waals surface area contributed by atoms with Gasteiger partial charge in [-0.2, -0.15) is 0 Å². The summed E-state index contributed by atoms with van der Waals surface area (Å²) in [6, 6.07) is 3.96. The molecule has 3 rings (SSSR count). The Bertz CT molecular complexity index is 840. The molecule has 0 radical (unpaired) electrons. The van der Waals surface area contributed by atoms with Crippen LogP contribution >= 0.6 is 0 Å². The molecule has 1 aliphatic rings. The lowest BCUT2D eigenvalue weighted by Crippen LogP contribution is -2.38. The van der Waals surface area contributed by atoms with Gasteiger partial charge < -0.3 is 23.9 Å². The number of carbonyl (C=O) groups is 1. The van der Waals surface area contributed by atoms with E-state index >= 15 is 0 Å². The highest BCUT2D eigenvalue weighted by Crippen LogP contribution is 2.37. The van der Waals surface area contributed by atoms with Gasteiger partial charge in [-0.05, 0) is 38.3 Å². The predicted molar refractivity (Wildman–Crippen MR) is 117 cm³/mol. The standard InChI is InChI=1S/C23H34N2O5/c1-5-10-28-22-20-17(6-2)14-18(30-16(3)4)15-19(20)24-21(22)23(26)29-13-9-25-7-11-27-12-8-25/h14-16,24H,5-13H2,1-4H3. The quantitative estimate of drug-likeness (QED) is 0.592. The van der Waals surface area contributed by atoms with Crippen molar-refractivity contribution in [1.29, 1.82) is 0 Å². The van der Waals surface area contributed by atoms with E-state index in [1.165, 1.54) is 0 Å². The zero-order chi connectivity index (χ0) is 21.5. The van der Waals surface area contributed by atoms with Crippen molar-refractivity contribution in [2.75, 3.05) is 46.1 Å². The molecule has 0 aliphatic carbocycles. The van der Waals surface area contributed by atoms with Crippen LogP contribution in [0.4, 0.5) is 0 Å². The highest BCUT2D eigenvalue weighted by atomic mass is 16.5. The Morgan fingerprint density at radius 2 is 1.97 bits per heavy atom. The number of nitrogens with one attached hydrogen (secondary N) is 1. The number of morpholine rings is 1. The zero-order valence-electron chi connectivity index (χ0n) is 18.6. The first-order chi connectivity index (χ1) is 14.5. The largest absolute Gasteiger partial charge is 0.491 e. The normalized spacial score (nSPS) is 15.0. The summed E-state index contributed by atoms with van der Waals surface area (Å²) >= 11 is 0. The van der Waals surface area contributed by atoms with Crippen LogP contribution in [0.3, 0.4) is 0 Å². The Morgan fingerprint density at radius 3 is 2.63 bits per heavy atom. The fraction of sp³-hybridized carbons (Fsp3) is 0.609. The Morgan fingerprint density at radius 1 is 1.20 bits per heavy atom. The number of hydrogen-bond donors (Lipinski definition) is 1. The van der Waals surface area contributed by atoms with Crippen LogP contribution in [0.5, 0.6) is 11.5 Å². The van der Waals surface area contributed by atoms with E-state index in [0.29, 0.717) is 31.2 Å². The Hall–Kier alpha value is -2.25. The van der Waals surface area contributed by atoms with Crippen molar-refractivity contribution in [3.63, 3.8) is 0 Å². The summed E-state index contributed by atoms with van der Waals surface area (Å²) in [5.74, 6) is 0.972. The lowest BCUT2D eigenvalue weighted by atomic mass is 10.1. The second-order valence-corrected chi connectivity index (χ2v) is 7.79. The van der Waals surface area contributed by atoms with E-state index in [4.69, 9.17) is 18.9 Å². The van der Waals surface area contributed by atoms with E-state index in [1.54, 1.807) is 0 Å². The number of benzene rings is 1. The molecule has 0 spiro atoms. The number of aromatic amines is 1. The number of carbonyl (C=O) groups excluding carboxylic acids is 1. The molecule has 30 heavy (non-hydrogen) atoms. The molecule has 1 aliphatic heterocycles. The van der Waals surface area contributed by atoms with Gasteiger partial charge in [0.05, 0.1) is 31.4 Å². The molecule has 2 heterocycles. The van der Waals surface area contributed by atoms with Gasteiger partial charge in [0.25, 0.3) is 0 Å². The molecular weight excluding hydrogens is 384 g/mol. The lowest BCUT2D eigenvalue weighted by Gasteiger charge is -2.26. The molecule has 7 nitrogen and oxygen atoms in total. The number of fused-ring (bicyclic) bond motifs is 1. The molecule has 2 aromatic rings. The van der Waals surface area contributed by atoms with Gasteiger partial charge in [-0.1, -0.05) is 13.8 Å². The topological polar surface area (TPSA) is 73.0 Å². The van der Waals surface area contributed by atoms with Crippen LogP contribution in [0.1, 0.15) is 50.2 Å². The van der Waals surface area contributed by atoms with E-state index in [0.717, 1.165) is 61.4 Å². The number of esters is 1. The summed E-state index contributed by atoms with van der Waals surface area (Å²) in [5.41, 5.74) is 2.28. The van der Waals surface area contributed by atoms with Gasteiger partial charge in [-0.15, -0.1) is 0 Å². The first-order valence-electron chi connectivity index (χ1n) is 11.0. The SMILES string of the molecule is CCCOc1c(C(=O)OCCN2CCOCC2)[nH]c2cc(OC(C)C)cc(CC)c12. The van der Waals surface area contributed by atoms with Gasteiger partial charge in [-0.25, -0.2) is 4.79 Å². The molecule has 0 atom stereocenters. The van der Waals surface area contributed by atoms with Crippen LogP contribution in [-0.4, -0.2) is 68.0 Å². The minimum atomic E-state index is -0.390. The van der Waals surface area contributed by atoms with Crippen LogP contribution in [0.25, 0.3) is 10.9 Å². The smallest absolute Gasteiger partial charge is 0.358 e. The van der Waals surface area contributed by atoms with E-state index in [-0.39, 0.29) is 12.1 Å². The highest BCUT2D eigenvalue weighted by molar-refractivity contribution is 6.02. The molecule has 1 aromatic carbocycles. The number of aromatic nitrogens is 1. The Kier molecular flexibility index (Phi) is 7.99. The van der Waals surface area contributed by atoms with Crippen molar-refractivity contribution in [2.24, 2.45) is 0 Å². The summed E-state index contributed by atoms with van der Waals surface area (Å²) < 4.78 is 22.9. The number of nitrogens with zero attached hydrogens (tertiary/aromatic N) is 1. The van der Waals surface area contributed by atoms with Crippen molar-refractivity contribution in [2.45, 2.75) is 46.6 Å². The van der Waals surface area contributed by atoms with Crippen LogP contribution in [-0.2, 0) is 15.9 Å². The van der Waals surface area contributed by atoms with Gasteiger partial charge in [-0.3, -0.25) is 4.90 Å². The molecule has 1 saturated heterocycles. The number of aryl methyl sites for hydroxylation is 1. The molecular formula is C23H34N2O5. The third-order valence-electron chi connectivity index (χ3n) is 5.06. The summed E-state index contributed by atoms with van der Waals surface area (Å²) in [6.45, 7) is 12.9. The highest BCUT2D eigenvalue weighted by Gasteiger charge is 2.24. The van der Waals surface area contributed by atoms with Crippen LogP contribution in [0.15, 0.2) is 12.1 Å².